The van der Waals surface area contributed by atoms with Crippen LogP contribution in [0.2, 0.25) is 0 Å². The number of nitriles is 1. The Kier molecular flexibility index (Phi) is 2.83. The molecule has 17 heavy (non-hydrogen) atoms. The van der Waals surface area contributed by atoms with Crippen molar-refractivity contribution in [1.29, 1.82) is 5.26 Å². The average Bonchev–Trinajstić information content (AvgIpc) is 2.71. The van der Waals surface area contributed by atoms with Crippen LogP contribution >= 0.6 is 0 Å². The van der Waals surface area contributed by atoms with Crippen LogP contribution < -0.4 is 5.32 Å². The van der Waals surface area contributed by atoms with Crippen LogP contribution in [0.3, 0.4) is 0 Å². The Labute approximate surface area is 96.9 Å². The smallest absolute Gasteiger partial charge is 0.263 e. The molecule has 0 aromatic carbocycles. The van der Waals surface area contributed by atoms with Gasteiger partial charge in [0.15, 0.2) is 5.69 Å². The minimum Gasteiger partial charge on any atom is -0.359 e. The first kappa shape index (κ1) is 10.8. The first-order valence-corrected chi connectivity index (χ1v) is 4.81. The monoisotopic (exact) mass is 228 g/mol. The molecule has 0 radical (unpaired) electrons. The molecule has 2 aromatic heterocycles. The van der Waals surface area contributed by atoms with Crippen molar-refractivity contribution in [3.63, 3.8) is 0 Å². The summed E-state index contributed by atoms with van der Waals surface area (Å²) in [5, 5.41) is 14.8. The Hall–Kier alpha value is -2.68. The summed E-state index contributed by atoms with van der Waals surface area (Å²) in [6.07, 6.45) is 1.56. The number of aryl methyl sites for hydroxylation is 1. The standard InChI is InChI=1S/C11H8N4O2/c1-7-10(8(6-12)15-17-7)11(16)14-9-4-2-3-5-13-9/h2-5H,1H3,(H,13,14,16). The van der Waals surface area contributed by atoms with Crippen molar-refractivity contribution >= 4 is 11.7 Å². The van der Waals surface area contributed by atoms with E-state index in [-0.39, 0.29) is 11.3 Å². The first-order valence-electron chi connectivity index (χ1n) is 4.81. The Bertz CT molecular complexity index is 583. The molecule has 0 unspecified atom stereocenters. The van der Waals surface area contributed by atoms with Crippen LogP contribution in [0.25, 0.3) is 0 Å². The van der Waals surface area contributed by atoms with Gasteiger partial charge in [-0.25, -0.2) is 4.98 Å². The number of hydrogen-bond donors (Lipinski definition) is 1. The maximum absolute atomic E-state index is 11.9. The highest BCUT2D eigenvalue weighted by Crippen LogP contribution is 2.14. The molecule has 0 aliphatic carbocycles. The summed E-state index contributed by atoms with van der Waals surface area (Å²) < 4.78 is 4.79. The molecule has 0 bridgehead atoms. The Morgan fingerprint density at radius 1 is 1.53 bits per heavy atom. The lowest BCUT2D eigenvalue weighted by atomic mass is 10.2. The number of rotatable bonds is 2. The highest BCUT2D eigenvalue weighted by Gasteiger charge is 2.20. The van der Waals surface area contributed by atoms with E-state index in [0.29, 0.717) is 11.6 Å². The Morgan fingerprint density at radius 2 is 2.35 bits per heavy atom. The maximum Gasteiger partial charge on any atom is 0.263 e. The van der Waals surface area contributed by atoms with E-state index in [1.165, 1.54) is 0 Å². The van der Waals surface area contributed by atoms with Gasteiger partial charge in [0.1, 0.15) is 23.2 Å². The molecular formula is C11H8N4O2. The lowest BCUT2D eigenvalue weighted by Gasteiger charge is -2.01. The normalized spacial score (nSPS) is 9.65. The fraction of sp³-hybridized carbons (Fsp3) is 0.0909. The van der Waals surface area contributed by atoms with E-state index in [9.17, 15) is 4.79 Å². The summed E-state index contributed by atoms with van der Waals surface area (Å²) in [5.41, 5.74) is 0.106. The predicted octanol–water partition coefficient (Wildman–Crippen LogP) is 1.50. The van der Waals surface area contributed by atoms with Gasteiger partial charge in [-0.1, -0.05) is 11.2 Å². The molecule has 0 aliphatic rings. The highest BCUT2D eigenvalue weighted by atomic mass is 16.5. The van der Waals surface area contributed by atoms with Gasteiger partial charge >= 0.3 is 0 Å². The van der Waals surface area contributed by atoms with Gasteiger partial charge in [-0.2, -0.15) is 5.26 Å². The van der Waals surface area contributed by atoms with Crippen LogP contribution in [0, 0.1) is 18.3 Å². The first-order chi connectivity index (χ1) is 8.22. The SMILES string of the molecule is Cc1onc(C#N)c1C(=O)Nc1ccccn1. The number of carbonyl (C=O) groups excluding carboxylic acids is 1. The number of nitrogens with zero attached hydrogens (tertiary/aromatic N) is 3. The van der Waals surface area contributed by atoms with E-state index in [1.54, 1.807) is 37.4 Å². The largest absolute Gasteiger partial charge is 0.359 e. The topological polar surface area (TPSA) is 91.8 Å². The minimum absolute atomic E-state index is 0.0315. The zero-order chi connectivity index (χ0) is 12.3. The lowest BCUT2D eigenvalue weighted by Crippen LogP contribution is -2.14. The third kappa shape index (κ3) is 2.13. The summed E-state index contributed by atoms with van der Waals surface area (Å²) in [6, 6.07) is 6.92. The van der Waals surface area contributed by atoms with Crippen LogP contribution in [0.4, 0.5) is 5.82 Å². The molecule has 0 saturated carbocycles. The molecule has 1 amide bonds. The third-order valence-corrected chi connectivity index (χ3v) is 2.10. The van der Waals surface area contributed by atoms with Crippen LogP contribution in [0.15, 0.2) is 28.9 Å². The van der Waals surface area contributed by atoms with E-state index >= 15 is 0 Å². The number of aromatic nitrogens is 2. The molecule has 2 rings (SSSR count). The van der Waals surface area contributed by atoms with Crippen molar-refractivity contribution in [3.05, 3.63) is 41.4 Å². The fourth-order valence-electron chi connectivity index (χ4n) is 1.33. The van der Waals surface area contributed by atoms with Gasteiger partial charge in [-0.3, -0.25) is 4.79 Å². The molecule has 0 atom stereocenters. The van der Waals surface area contributed by atoms with Crippen molar-refractivity contribution in [2.45, 2.75) is 6.92 Å². The van der Waals surface area contributed by atoms with Crippen LogP contribution in [-0.2, 0) is 0 Å². The summed E-state index contributed by atoms with van der Waals surface area (Å²) in [6.45, 7) is 1.57. The number of carbonyl (C=O) groups is 1. The van der Waals surface area contributed by atoms with Crippen molar-refractivity contribution in [2.75, 3.05) is 5.32 Å². The van der Waals surface area contributed by atoms with E-state index in [2.05, 4.69) is 15.5 Å². The fourth-order valence-corrected chi connectivity index (χ4v) is 1.33. The molecule has 0 spiro atoms. The van der Waals surface area contributed by atoms with Crippen molar-refractivity contribution in [2.24, 2.45) is 0 Å². The molecule has 2 heterocycles. The van der Waals surface area contributed by atoms with E-state index in [0.717, 1.165) is 0 Å². The number of nitrogens with one attached hydrogen (secondary N) is 1. The summed E-state index contributed by atoms with van der Waals surface area (Å²) in [7, 11) is 0. The number of pyridine rings is 1. The van der Waals surface area contributed by atoms with Crippen LogP contribution in [0.5, 0.6) is 0 Å². The number of anilines is 1. The van der Waals surface area contributed by atoms with E-state index < -0.39 is 5.91 Å². The van der Waals surface area contributed by atoms with Crippen LogP contribution in [0.1, 0.15) is 21.8 Å². The summed E-state index contributed by atoms with van der Waals surface area (Å²) in [5.74, 6) is 0.246. The molecule has 0 aliphatic heterocycles. The Morgan fingerprint density at radius 3 is 3.00 bits per heavy atom. The van der Waals surface area contributed by atoms with E-state index in [1.807, 2.05) is 0 Å². The van der Waals surface area contributed by atoms with Gasteiger partial charge in [-0.15, -0.1) is 0 Å². The molecule has 6 nitrogen and oxygen atoms in total. The zero-order valence-electron chi connectivity index (χ0n) is 8.97. The van der Waals surface area contributed by atoms with E-state index in [4.69, 9.17) is 9.78 Å². The van der Waals surface area contributed by atoms with Gasteiger partial charge in [-0.05, 0) is 19.1 Å². The van der Waals surface area contributed by atoms with Gasteiger partial charge in [0.25, 0.3) is 5.91 Å². The average molecular weight is 228 g/mol. The minimum atomic E-state index is -0.459. The summed E-state index contributed by atoms with van der Waals surface area (Å²) >= 11 is 0. The number of hydrogen-bond acceptors (Lipinski definition) is 5. The summed E-state index contributed by atoms with van der Waals surface area (Å²) in [4.78, 5) is 15.8. The Balaban J connectivity index is 2.27. The lowest BCUT2D eigenvalue weighted by molar-refractivity contribution is 0.102. The molecular weight excluding hydrogens is 220 g/mol. The molecule has 1 N–H and O–H groups in total. The van der Waals surface area contributed by atoms with Gasteiger partial charge in [0.2, 0.25) is 0 Å². The quantitative estimate of drug-likeness (QED) is 0.840. The van der Waals surface area contributed by atoms with Crippen molar-refractivity contribution in [1.82, 2.24) is 10.1 Å². The molecule has 2 aromatic rings. The number of amides is 1. The van der Waals surface area contributed by atoms with Crippen LogP contribution in [-0.4, -0.2) is 16.0 Å². The molecule has 84 valence electrons. The molecule has 6 heteroatoms. The van der Waals surface area contributed by atoms with Gasteiger partial charge in [0, 0.05) is 6.20 Å². The molecule has 0 saturated heterocycles. The molecule has 0 fully saturated rings. The second-order valence-electron chi connectivity index (χ2n) is 3.24. The van der Waals surface area contributed by atoms with Crippen molar-refractivity contribution in [3.8, 4) is 6.07 Å². The van der Waals surface area contributed by atoms with Gasteiger partial charge in [0.05, 0.1) is 0 Å². The maximum atomic E-state index is 11.9. The van der Waals surface area contributed by atoms with Crippen molar-refractivity contribution < 1.29 is 9.32 Å². The second-order valence-corrected chi connectivity index (χ2v) is 3.24. The third-order valence-electron chi connectivity index (χ3n) is 2.10. The highest BCUT2D eigenvalue weighted by molar-refractivity contribution is 6.05. The zero-order valence-corrected chi connectivity index (χ0v) is 8.97. The second kappa shape index (κ2) is 4.45. The van der Waals surface area contributed by atoms with Gasteiger partial charge < -0.3 is 9.84 Å². The predicted molar refractivity (Wildman–Crippen MR) is 58.1 cm³/mol.